The molecule has 0 spiro atoms. The van der Waals surface area contributed by atoms with Crippen molar-refractivity contribution in [3.8, 4) is 0 Å². The van der Waals surface area contributed by atoms with E-state index in [0.717, 1.165) is 19.5 Å². The summed E-state index contributed by atoms with van der Waals surface area (Å²) in [4.78, 5) is 12.7. The largest absolute Gasteiger partial charge is 0.545 e. The van der Waals surface area contributed by atoms with Gasteiger partial charge in [0.15, 0.2) is 0 Å². The number of nitrogens with zero attached hydrogens (tertiary/aromatic N) is 1. The molecule has 0 bridgehead atoms. The number of hydrogen-bond acceptors (Lipinski definition) is 3. The Bertz CT molecular complexity index is 185. The highest BCUT2D eigenvalue weighted by molar-refractivity contribution is 5.85. The Balaban J connectivity index is 4.47. The number of carbonyl (C=O) groups is 1. The van der Waals surface area contributed by atoms with Crippen LogP contribution in [0.3, 0.4) is 0 Å². The predicted molar refractivity (Wildman–Crippen MR) is 51.1 cm³/mol. The van der Waals surface area contributed by atoms with Crippen molar-refractivity contribution < 1.29 is 9.90 Å². The lowest BCUT2D eigenvalue weighted by atomic mass is 10.0. The monoisotopic (exact) mass is 184 g/mol. The van der Waals surface area contributed by atoms with Crippen LogP contribution in [0, 0.1) is 0 Å². The molecule has 0 aliphatic carbocycles. The Morgan fingerprint density at radius 3 is 2.08 bits per heavy atom. The van der Waals surface area contributed by atoms with Gasteiger partial charge >= 0.3 is 0 Å². The van der Waals surface area contributed by atoms with Crippen LogP contribution in [-0.4, -0.2) is 30.0 Å². The highest BCUT2D eigenvalue weighted by Crippen LogP contribution is 2.11. The lowest BCUT2D eigenvalue weighted by Gasteiger charge is -2.30. The van der Waals surface area contributed by atoms with E-state index in [1.807, 2.05) is 20.8 Å². The van der Waals surface area contributed by atoms with Gasteiger partial charge in [-0.2, -0.15) is 0 Å². The molecule has 0 N–H and O–H groups in total. The zero-order valence-corrected chi connectivity index (χ0v) is 8.67. The molecule has 13 heavy (non-hydrogen) atoms. The summed E-state index contributed by atoms with van der Waals surface area (Å²) >= 11 is 0. The zero-order valence-electron chi connectivity index (χ0n) is 8.67. The minimum Gasteiger partial charge on any atom is -0.545 e. The summed E-state index contributed by atoms with van der Waals surface area (Å²) in [5, 5.41) is 10.6. The second kappa shape index (κ2) is 5.75. The molecule has 0 fully saturated rings. The lowest BCUT2D eigenvalue weighted by Crippen LogP contribution is -2.41. The molecule has 0 aromatic carbocycles. The van der Waals surface area contributed by atoms with Crippen LogP contribution < -0.4 is 5.11 Å². The van der Waals surface area contributed by atoms with Crippen molar-refractivity contribution in [2.24, 2.45) is 0 Å². The van der Waals surface area contributed by atoms with Gasteiger partial charge in [-0.15, -0.1) is 0 Å². The van der Waals surface area contributed by atoms with E-state index >= 15 is 0 Å². The van der Waals surface area contributed by atoms with Gasteiger partial charge in [0.2, 0.25) is 0 Å². The first-order chi connectivity index (χ1) is 6.08. The molecule has 0 aromatic rings. The molecule has 3 heteroatoms. The maximum absolute atomic E-state index is 10.6. The standard InChI is InChI=1S/C10H19NO2/c1-5-9(8(4)10(12)13)11(6-2)7-3/h9H,4-7H2,1-3H3,(H,12,13)/p-1. The zero-order chi connectivity index (χ0) is 10.4. The molecular formula is C10H18NO2-. The van der Waals surface area contributed by atoms with Gasteiger partial charge in [0.25, 0.3) is 0 Å². The van der Waals surface area contributed by atoms with Crippen molar-refractivity contribution in [1.29, 1.82) is 0 Å². The molecule has 0 aliphatic heterocycles. The van der Waals surface area contributed by atoms with Crippen molar-refractivity contribution in [1.82, 2.24) is 4.90 Å². The fourth-order valence-electron chi connectivity index (χ4n) is 1.53. The molecule has 0 aliphatic rings. The van der Waals surface area contributed by atoms with E-state index in [2.05, 4.69) is 11.5 Å². The fourth-order valence-corrected chi connectivity index (χ4v) is 1.53. The number of likely N-dealkylation sites (N-methyl/N-ethyl adjacent to an activating group) is 1. The third-order valence-electron chi connectivity index (χ3n) is 2.30. The summed E-state index contributed by atoms with van der Waals surface area (Å²) in [6, 6.07) is -0.0833. The van der Waals surface area contributed by atoms with E-state index in [0.29, 0.717) is 0 Å². The highest BCUT2D eigenvalue weighted by Gasteiger charge is 2.16. The number of carboxylic acid groups (broad SMARTS) is 1. The first-order valence-corrected chi connectivity index (χ1v) is 4.72. The third kappa shape index (κ3) is 3.19. The number of rotatable bonds is 6. The summed E-state index contributed by atoms with van der Waals surface area (Å²) in [7, 11) is 0. The fraction of sp³-hybridized carbons (Fsp3) is 0.700. The van der Waals surface area contributed by atoms with Gasteiger partial charge in [-0.05, 0) is 25.1 Å². The Hall–Kier alpha value is -0.830. The van der Waals surface area contributed by atoms with Gasteiger partial charge in [0.1, 0.15) is 0 Å². The van der Waals surface area contributed by atoms with Gasteiger partial charge in [-0.25, -0.2) is 0 Å². The van der Waals surface area contributed by atoms with Gasteiger partial charge in [0, 0.05) is 6.04 Å². The Kier molecular flexibility index (Phi) is 5.39. The van der Waals surface area contributed by atoms with Crippen molar-refractivity contribution in [3.63, 3.8) is 0 Å². The average molecular weight is 184 g/mol. The molecule has 0 rings (SSSR count). The van der Waals surface area contributed by atoms with Crippen LogP contribution in [-0.2, 0) is 4.79 Å². The molecule has 0 radical (unpaired) electrons. The van der Waals surface area contributed by atoms with E-state index in [1.54, 1.807) is 0 Å². The number of carboxylic acids is 1. The maximum Gasteiger partial charge on any atom is 0.0684 e. The summed E-state index contributed by atoms with van der Waals surface area (Å²) < 4.78 is 0. The first-order valence-electron chi connectivity index (χ1n) is 4.72. The van der Waals surface area contributed by atoms with Gasteiger partial charge < -0.3 is 9.90 Å². The van der Waals surface area contributed by atoms with Gasteiger partial charge in [-0.3, -0.25) is 4.90 Å². The van der Waals surface area contributed by atoms with Crippen LogP contribution in [0.1, 0.15) is 27.2 Å². The van der Waals surface area contributed by atoms with E-state index in [9.17, 15) is 9.90 Å². The average Bonchev–Trinajstić information content (AvgIpc) is 2.12. The molecular weight excluding hydrogens is 166 g/mol. The van der Waals surface area contributed by atoms with E-state index < -0.39 is 5.97 Å². The van der Waals surface area contributed by atoms with Crippen molar-refractivity contribution in [3.05, 3.63) is 12.2 Å². The Morgan fingerprint density at radius 1 is 1.38 bits per heavy atom. The van der Waals surface area contributed by atoms with Crippen molar-refractivity contribution in [2.45, 2.75) is 33.2 Å². The number of hydrogen-bond donors (Lipinski definition) is 0. The molecule has 1 atom stereocenters. The van der Waals surface area contributed by atoms with E-state index in [-0.39, 0.29) is 11.6 Å². The van der Waals surface area contributed by atoms with Crippen LogP contribution in [0.15, 0.2) is 12.2 Å². The van der Waals surface area contributed by atoms with Crippen LogP contribution >= 0.6 is 0 Å². The van der Waals surface area contributed by atoms with Crippen LogP contribution in [0.5, 0.6) is 0 Å². The minimum atomic E-state index is -1.14. The molecule has 3 nitrogen and oxygen atoms in total. The molecule has 76 valence electrons. The summed E-state index contributed by atoms with van der Waals surface area (Å²) in [6.45, 7) is 11.2. The van der Waals surface area contributed by atoms with Crippen molar-refractivity contribution >= 4 is 5.97 Å². The number of carbonyl (C=O) groups excluding carboxylic acids is 1. The maximum atomic E-state index is 10.6. The Morgan fingerprint density at radius 2 is 1.85 bits per heavy atom. The minimum absolute atomic E-state index is 0.0833. The van der Waals surface area contributed by atoms with Crippen molar-refractivity contribution in [2.75, 3.05) is 13.1 Å². The lowest BCUT2D eigenvalue weighted by molar-refractivity contribution is -0.300. The normalized spacial score (nSPS) is 12.9. The smallest absolute Gasteiger partial charge is 0.0684 e. The van der Waals surface area contributed by atoms with Crippen LogP contribution in [0.4, 0.5) is 0 Å². The van der Waals surface area contributed by atoms with E-state index in [4.69, 9.17) is 0 Å². The first kappa shape index (κ1) is 12.2. The summed E-state index contributed by atoms with van der Waals surface area (Å²) in [6.07, 6.45) is 0.758. The SMILES string of the molecule is C=C(C(=O)[O-])C(CC)N(CC)CC. The highest BCUT2D eigenvalue weighted by atomic mass is 16.4. The predicted octanol–water partition coefficient (Wildman–Crippen LogP) is 0.413. The molecule has 0 heterocycles. The van der Waals surface area contributed by atoms with E-state index in [1.165, 1.54) is 0 Å². The third-order valence-corrected chi connectivity index (χ3v) is 2.30. The molecule has 1 unspecified atom stereocenters. The molecule has 0 saturated carbocycles. The second-order valence-corrected chi connectivity index (χ2v) is 2.96. The quantitative estimate of drug-likeness (QED) is 0.562. The van der Waals surface area contributed by atoms with Crippen LogP contribution in [0.25, 0.3) is 0 Å². The summed E-state index contributed by atoms with van der Waals surface area (Å²) in [5.41, 5.74) is 0.186. The number of aliphatic carboxylic acids is 1. The molecule has 0 aromatic heterocycles. The topological polar surface area (TPSA) is 43.4 Å². The molecule has 0 saturated heterocycles. The second-order valence-electron chi connectivity index (χ2n) is 2.96. The van der Waals surface area contributed by atoms with Gasteiger partial charge in [-0.1, -0.05) is 27.4 Å². The Labute approximate surface area is 80.0 Å². The van der Waals surface area contributed by atoms with Crippen LogP contribution in [0.2, 0.25) is 0 Å². The van der Waals surface area contributed by atoms with Gasteiger partial charge in [0.05, 0.1) is 5.97 Å². The summed E-state index contributed by atoms with van der Waals surface area (Å²) in [5.74, 6) is -1.14. The molecule has 0 amide bonds.